The Hall–Kier alpha value is -1.59. The van der Waals surface area contributed by atoms with Crippen molar-refractivity contribution in [1.29, 1.82) is 0 Å². The maximum absolute atomic E-state index is 11.8. The van der Waals surface area contributed by atoms with Crippen molar-refractivity contribution in [3.8, 4) is 5.75 Å². The molecule has 1 aromatic rings. The quantitative estimate of drug-likeness (QED) is 0.809. The molecule has 110 valence electrons. The zero-order valence-corrected chi connectivity index (χ0v) is 11.6. The van der Waals surface area contributed by atoms with E-state index in [2.05, 4.69) is 5.32 Å². The predicted molar refractivity (Wildman–Crippen MR) is 76.7 cm³/mol. The zero-order chi connectivity index (χ0) is 14.2. The first-order valence-corrected chi connectivity index (χ1v) is 7.07. The molecule has 0 radical (unpaired) electrons. The summed E-state index contributed by atoms with van der Waals surface area (Å²) in [5.74, 6) is 0.621. The number of nitrogens with two attached hydrogens (primary N) is 1. The molecule has 1 saturated heterocycles. The molecule has 1 heterocycles. The summed E-state index contributed by atoms with van der Waals surface area (Å²) in [7, 11) is 0. The predicted octanol–water partition coefficient (Wildman–Crippen LogP) is 0.862. The summed E-state index contributed by atoms with van der Waals surface area (Å²) in [4.78, 5) is 11.8. The Kier molecular flexibility index (Phi) is 5.83. The van der Waals surface area contributed by atoms with Crippen LogP contribution in [0.5, 0.6) is 5.75 Å². The smallest absolute Gasteiger partial charge is 0.258 e. The van der Waals surface area contributed by atoms with Gasteiger partial charge in [0.2, 0.25) is 0 Å². The molecule has 20 heavy (non-hydrogen) atoms. The van der Waals surface area contributed by atoms with Gasteiger partial charge in [-0.25, -0.2) is 0 Å². The van der Waals surface area contributed by atoms with E-state index in [9.17, 15) is 4.79 Å². The molecule has 5 heteroatoms. The Morgan fingerprint density at radius 2 is 2.00 bits per heavy atom. The van der Waals surface area contributed by atoms with Gasteiger partial charge in [0, 0.05) is 19.3 Å². The molecule has 1 aliphatic rings. The average Bonchev–Trinajstić information content (AvgIpc) is 2.48. The molecule has 5 nitrogen and oxygen atoms in total. The first kappa shape index (κ1) is 14.8. The summed E-state index contributed by atoms with van der Waals surface area (Å²) >= 11 is 0. The van der Waals surface area contributed by atoms with Crippen LogP contribution in [-0.2, 0) is 16.0 Å². The number of carbonyl (C=O) groups excluding carboxylic acids is 1. The zero-order valence-electron chi connectivity index (χ0n) is 11.6. The molecule has 0 saturated carbocycles. The van der Waals surface area contributed by atoms with Gasteiger partial charge in [0.1, 0.15) is 5.75 Å². The van der Waals surface area contributed by atoms with Crippen LogP contribution in [0.1, 0.15) is 18.4 Å². The third-order valence-electron chi connectivity index (χ3n) is 3.31. The second-order valence-corrected chi connectivity index (χ2v) is 4.93. The van der Waals surface area contributed by atoms with Crippen LogP contribution in [0.25, 0.3) is 0 Å². The average molecular weight is 278 g/mol. The fourth-order valence-corrected chi connectivity index (χ4v) is 2.18. The van der Waals surface area contributed by atoms with Crippen LogP contribution >= 0.6 is 0 Å². The molecular weight excluding hydrogens is 256 g/mol. The molecule has 1 aliphatic heterocycles. The van der Waals surface area contributed by atoms with Crippen molar-refractivity contribution in [3.63, 3.8) is 0 Å². The normalized spacial score (nSPS) is 15.8. The minimum atomic E-state index is -0.0806. The van der Waals surface area contributed by atoms with Gasteiger partial charge in [0.15, 0.2) is 6.61 Å². The molecule has 0 aromatic heterocycles. The highest BCUT2D eigenvalue weighted by atomic mass is 16.5. The Balaban J connectivity index is 1.72. The third kappa shape index (κ3) is 4.83. The third-order valence-corrected chi connectivity index (χ3v) is 3.31. The van der Waals surface area contributed by atoms with Crippen molar-refractivity contribution in [2.24, 2.45) is 5.73 Å². The van der Waals surface area contributed by atoms with Gasteiger partial charge >= 0.3 is 0 Å². The first-order valence-electron chi connectivity index (χ1n) is 7.07. The maximum atomic E-state index is 11.8. The molecule has 0 bridgehead atoms. The Bertz CT molecular complexity index is 414. The van der Waals surface area contributed by atoms with Crippen LogP contribution in [0.2, 0.25) is 0 Å². The molecule has 1 amide bonds. The Labute approximate surface area is 119 Å². The molecular formula is C15H22N2O3. The van der Waals surface area contributed by atoms with Crippen LogP contribution in [0.3, 0.4) is 0 Å². The number of carbonyl (C=O) groups is 1. The largest absolute Gasteiger partial charge is 0.484 e. The lowest BCUT2D eigenvalue weighted by atomic mass is 10.1. The lowest BCUT2D eigenvalue weighted by Gasteiger charge is -2.23. The van der Waals surface area contributed by atoms with Crippen LogP contribution in [-0.4, -0.2) is 38.3 Å². The summed E-state index contributed by atoms with van der Waals surface area (Å²) in [6.45, 7) is 2.12. The molecule has 3 N–H and O–H groups in total. The number of rotatable bonds is 6. The monoisotopic (exact) mass is 278 g/mol. The van der Waals surface area contributed by atoms with Crippen molar-refractivity contribution in [2.75, 3.05) is 26.4 Å². The molecule has 0 atom stereocenters. The van der Waals surface area contributed by atoms with Crippen molar-refractivity contribution in [1.82, 2.24) is 5.32 Å². The minimum Gasteiger partial charge on any atom is -0.484 e. The fraction of sp³-hybridized carbons (Fsp3) is 0.533. The van der Waals surface area contributed by atoms with Gasteiger partial charge in [-0.3, -0.25) is 4.79 Å². The molecule has 1 fully saturated rings. The summed E-state index contributed by atoms with van der Waals surface area (Å²) in [6.07, 6.45) is 2.60. The van der Waals surface area contributed by atoms with Crippen LogP contribution in [0.4, 0.5) is 0 Å². The number of nitrogens with one attached hydrogen (secondary N) is 1. The van der Waals surface area contributed by atoms with E-state index in [0.29, 0.717) is 25.5 Å². The first-order chi connectivity index (χ1) is 9.78. The second kappa shape index (κ2) is 7.87. The molecule has 0 unspecified atom stereocenters. The van der Waals surface area contributed by atoms with E-state index in [1.54, 1.807) is 0 Å². The summed E-state index contributed by atoms with van der Waals surface area (Å²) < 4.78 is 10.7. The van der Waals surface area contributed by atoms with Gasteiger partial charge in [-0.15, -0.1) is 0 Å². The van der Waals surface area contributed by atoms with Crippen molar-refractivity contribution >= 4 is 5.91 Å². The molecule has 1 aromatic carbocycles. The van der Waals surface area contributed by atoms with E-state index in [1.807, 2.05) is 24.3 Å². The lowest BCUT2D eigenvalue weighted by molar-refractivity contribution is -0.124. The van der Waals surface area contributed by atoms with Crippen molar-refractivity contribution in [2.45, 2.75) is 25.3 Å². The van der Waals surface area contributed by atoms with E-state index in [1.165, 1.54) is 5.56 Å². The summed E-state index contributed by atoms with van der Waals surface area (Å²) in [5.41, 5.74) is 6.67. The highest BCUT2D eigenvalue weighted by Crippen LogP contribution is 2.12. The lowest BCUT2D eigenvalue weighted by Crippen LogP contribution is -2.41. The van der Waals surface area contributed by atoms with Crippen molar-refractivity contribution in [3.05, 3.63) is 29.8 Å². The number of amides is 1. The molecule has 2 rings (SSSR count). The Morgan fingerprint density at radius 3 is 2.65 bits per heavy atom. The van der Waals surface area contributed by atoms with E-state index >= 15 is 0 Å². The van der Waals surface area contributed by atoms with Gasteiger partial charge in [-0.05, 0) is 43.5 Å². The standard InChI is InChI=1S/C15H22N2O3/c16-8-5-12-1-3-14(4-2-12)20-11-15(18)17-13-6-9-19-10-7-13/h1-4,13H,5-11,16H2,(H,17,18). The van der Waals surface area contributed by atoms with E-state index in [-0.39, 0.29) is 18.6 Å². The van der Waals surface area contributed by atoms with Crippen LogP contribution in [0.15, 0.2) is 24.3 Å². The minimum absolute atomic E-state index is 0.0492. The van der Waals surface area contributed by atoms with E-state index < -0.39 is 0 Å². The van der Waals surface area contributed by atoms with Gasteiger partial charge < -0.3 is 20.5 Å². The number of ether oxygens (including phenoxy) is 2. The topological polar surface area (TPSA) is 73.6 Å². The van der Waals surface area contributed by atoms with E-state index in [4.69, 9.17) is 15.2 Å². The number of hydrogen-bond donors (Lipinski definition) is 2. The number of hydrogen-bond acceptors (Lipinski definition) is 4. The second-order valence-electron chi connectivity index (χ2n) is 4.93. The number of benzene rings is 1. The molecule has 0 spiro atoms. The van der Waals surface area contributed by atoms with Gasteiger partial charge in [0.05, 0.1) is 0 Å². The molecule has 0 aliphatic carbocycles. The maximum Gasteiger partial charge on any atom is 0.258 e. The SMILES string of the molecule is NCCc1ccc(OCC(=O)NC2CCOCC2)cc1. The van der Waals surface area contributed by atoms with Crippen LogP contribution in [0, 0.1) is 0 Å². The summed E-state index contributed by atoms with van der Waals surface area (Å²) in [5, 5.41) is 2.96. The van der Waals surface area contributed by atoms with Crippen molar-refractivity contribution < 1.29 is 14.3 Å². The highest BCUT2D eigenvalue weighted by molar-refractivity contribution is 5.77. The van der Waals surface area contributed by atoms with Gasteiger partial charge in [-0.2, -0.15) is 0 Å². The fourth-order valence-electron chi connectivity index (χ4n) is 2.18. The highest BCUT2D eigenvalue weighted by Gasteiger charge is 2.16. The summed E-state index contributed by atoms with van der Waals surface area (Å²) in [6, 6.07) is 7.89. The van der Waals surface area contributed by atoms with E-state index in [0.717, 1.165) is 19.3 Å². The van der Waals surface area contributed by atoms with Crippen LogP contribution < -0.4 is 15.8 Å². The Morgan fingerprint density at radius 1 is 1.30 bits per heavy atom. The van der Waals surface area contributed by atoms with Gasteiger partial charge in [0.25, 0.3) is 5.91 Å². The van der Waals surface area contributed by atoms with Gasteiger partial charge in [-0.1, -0.05) is 12.1 Å².